The third-order valence-corrected chi connectivity index (χ3v) is 5.00. The zero-order chi connectivity index (χ0) is 19.5. The van der Waals surface area contributed by atoms with Crippen molar-refractivity contribution in [3.8, 4) is 6.07 Å². The second-order valence-electron chi connectivity index (χ2n) is 6.95. The Balaban J connectivity index is 1.63. The summed E-state index contributed by atoms with van der Waals surface area (Å²) in [5, 5.41) is 13.0. The van der Waals surface area contributed by atoms with Gasteiger partial charge in [0.2, 0.25) is 0 Å². The number of hydrogen-bond donors (Lipinski definition) is 1. The van der Waals surface area contributed by atoms with Crippen LogP contribution in [0.15, 0.2) is 43.1 Å². The second-order valence-corrected chi connectivity index (χ2v) is 6.95. The lowest BCUT2D eigenvalue weighted by atomic mass is 10.0. The van der Waals surface area contributed by atoms with Crippen LogP contribution in [0.5, 0.6) is 0 Å². The maximum atomic E-state index is 9.54. The number of nitrogens with one attached hydrogen (secondary N) is 1. The van der Waals surface area contributed by atoms with E-state index in [0.717, 1.165) is 47.0 Å². The van der Waals surface area contributed by atoms with Crippen molar-refractivity contribution in [3.63, 3.8) is 0 Å². The smallest absolute Gasteiger partial charge is 0.135 e. The number of aromatic nitrogens is 4. The number of nitrogens with zero attached hydrogens (tertiary/aromatic N) is 6. The zero-order valence-electron chi connectivity index (χ0n) is 15.9. The first-order valence-electron chi connectivity index (χ1n) is 9.26. The maximum absolute atomic E-state index is 9.54. The van der Waals surface area contributed by atoms with Crippen molar-refractivity contribution in [2.24, 2.45) is 0 Å². The molecule has 1 atom stereocenters. The average Bonchev–Trinajstić information content (AvgIpc) is 2.74. The molecule has 1 aromatic carbocycles. The van der Waals surface area contributed by atoms with Gasteiger partial charge < -0.3 is 10.2 Å². The molecule has 1 aliphatic rings. The molecular weight excluding hydrogens is 350 g/mol. The van der Waals surface area contributed by atoms with E-state index in [2.05, 4.69) is 36.2 Å². The van der Waals surface area contributed by atoms with E-state index in [4.69, 9.17) is 0 Å². The molecule has 4 rings (SSSR count). The Hall–Kier alpha value is -3.53. The molecular formula is C21H21N7. The van der Waals surface area contributed by atoms with Gasteiger partial charge in [0.25, 0.3) is 0 Å². The molecule has 0 saturated heterocycles. The number of anilines is 2. The topological polar surface area (TPSA) is 90.6 Å². The Morgan fingerprint density at radius 1 is 1.21 bits per heavy atom. The highest BCUT2D eigenvalue weighted by molar-refractivity contribution is 5.62. The average molecular weight is 371 g/mol. The van der Waals surface area contributed by atoms with Crippen molar-refractivity contribution in [1.82, 2.24) is 19.9 Å². The first-order valence-corrected chi connectivity index (χ1v) is 9.26. The van der Waals surface area contributed by atoms with Crippen molar-refractivity contribution < 1.29 is 0 Å². The molecule has 1 aliphatic heterocycles. The summed E-state index contributed by atoms with van der Waals surface area (Å²) >= 11 is 0. The predicted octanol–water partition coefficient (Wildman–Crippen LogP) is 3.18. The van der Waals surface area contributed by atoms with E-state index in [1.165, 1.54) is 0 Å². The van der Waals surface area contributed by atoms with E-state index in [0.29, 0.717) is 12.1 Å². The van der Waals surface area contributed by atoms with Crippen molar-refractivity contribution >= 4 is 11.5 Å². The van der Waals surface area contributed by atoms with Gasteiger partial charge in [-0.2, -0.15) is 5.26 Å². The molecule has 1 unspecified atom stereocenters. The Labute approximate surface area is 164 Å². The number of aryl methyl sites for hydroxylation is 1. The van der Waals surface area contributed by atoms with Gasteiger partial charge >= 0.3 is 0 Å². The minimum atomic E-state index is -0.0304. The number of fused-ring (bicyclic) bond motifs is 1. The molecule has 3 heterocycles. The monoisotopic (exact) mass is 371 g/mol. The van der Waals surface area contributed by atoms with Gasteiger partial charge in [-0.15, -0.1) is 0 Å². The highest BCUT2D eigenvalue weighted by Crippen LogP contribution is 2.30. The highest BCUT2D eigenvalue weighted by Gasteiger charge is 2.24. The molecule has 0 radical (unpaired) electrons. The standard InChI is InChI=1S/C21H21N7/c1-14-3-4-20(16(9-14)10-22)28-8-5-18-17(12-28)21(26-13-25-18)27-15(2)19-11-23-6-7-24-19/h3-4,6-7,9,11,13,15H,5,8,12H2,1-2H3,(H,25,26,27). The van der Waals surface area contributed by atoms with Crippen molar-refractivity contribution in [2.75, 3.05) is 16.8 Å². The fourth-order valence-corrected chi connectivity index (χ4v) is 3.50. The normalized spacial score (nSPS) is 14.1. The minimum absolute atomic E-state index is 0.0304. The van der Waals surface area contributed by atoms with Crippen LogP contribution >= 0.6 is 0 Å². The fourth-order valence-electron chi connectivity index (χ4n) is 3.50. The Bertz CT molecular complexity index is 1030. The summed E-state index contributed by atoms with van der Waals surface area (Å²) in [4.78, 5) is 19.7. The number of rotatable bonds is 4. The zero-order valence-corrected chi connectivity index (χ0v) is 15.9. The van der Waals surface area contributed by atoms with Crippen LogP contribution in [-0.4, -0.2) is 26.5 Å². The van der Waals surface area contributed by atoms with Crippen LogP contribution < -0.4 is 10.2 Å². The van der Waals surface area contributed by atoms with E-state index in [1.807, 2.05) is 32.0 Å². The number of hydrogen-bond acceptors (Lipinski definition) is 7. The predicted molar refractivity (Wildman–Crippen MR) is 107 cm³/mol. The summed E-state index contributed by atoms with van der Waals surface area (Å²) in [6, 6.07) is 8.29. The summed E-state index contributed by atoms with van der Waals surface area (Å²) in [6.45, 7) is 5.51. The van der Waals surface area contributed by atoms with Crippen LogP contribution in [0.1, 0.15) is 41.0 Å². The van der Waals surface area contributed by atoms with Crippen LogP contribution in [0.3, 0.4) is 0 Å². The van der Waals surface area contributed by atoms with Crippen LogP contribution in [0.2, 0.25) is 0 Å². The Kier molecular flexibility index (Phi) is 4.85. The van der Waals surface area contributed by atoms with Crippen LogP contribution in [0.25, 0.3) is 0 Å². The SMILES string of the molecule is Cc1ccc(N2CCc3ncnc(NC(C)c4cnccn4)c3C2)c(C#N)c1. The van der Waals surface area contributed by atoms with Gasteiger partial charge in [0.15, 0.2) is 0 Å². The fraction of sp³-hybridized carbons (Fsp3) is 0.286. The number of nitriles is 1. The van der Waals surface area contributed by atoms with Crippen LogP contribution in [-0.2, 0) is 13.0 Å². The van der Waals surface area contributed by atoms with Gasteiger partial charge in [0, 0.05) is 37.5 Å². The lowest BCUT2D eigenvalue weighted by molar-refractivity contribution is 0.701. The molecule has 0 bridgehead atoms. The molecule has 7 nitrogen and oxygen atoms in total. The summed E-state index contributed by atoms with van der Waals surface area (Å²) in [7, 11) is 0. The summed E-state index contributed by atoms with van der Waals surface area (Å²) < 4.78 is 0. The Morgan fingerprint density at radius 3 is 2.89 bits per heavy atom. The lowest BCUT2D eigenvalue weighted by Gasteiger charge is -2.32. The van der Waals surface area contributed by atoms with Gasteiger partial charge in [-0.05, 0) is 31.5 Å². The molecule has 0 aliphatic carbocycles. The summed E-state index contributed by atoms with van der Waals surface area (Å²) in [5.41, 5.74) is 5.70. The molecule has 1 N–H and O–H groups in total. The van der Waals surface area contributed by atoms with E-state index in [9.17, 15) is 5.26 Å². The first kappa shape index (κ1) is 17.9. The first-order chi connectivity index (χ1) is 13.7. The maximum Gasteiger partial charge on any atom is 0.135 e. The van der Waals surface area contributed by atoms with Crippen molar-refractivity contribution in [1.29, 1.82) is 5.26 Å². The minimum Gasteiger partial charge on any atom is -0.366 e. The third kappa shape index (κ3) is 3.49. The van der Waals surface area contributed by atoms with Gasteiger partial charge in [-0.1, -0.05) is 6.07 Å². The van der Waals surface area contributed by atoms with Crippen molar-refractivity contribution in [3.05, 3.63) is 71.2 Å². The molecule has 0 amide bonds. The van der Waals surface area contributed by atoms with Gasteiger partial charge in [0.05, 0.1) is 34.9 Å². The lowest BCUT2D eigenvalue weighted by Crippen LogP contribution is -2.32. The second kappa shape index (κ2) is 7.61. The quantitative estimate of drug-likeness (QED) is 0.753. The molecule has 2 aromatic heterocycles. The molecule has 0 spiro atoms. The van der Waals surface area contributed by atoms with Gasteiger partial charge in [0.1, 0.15) is 18.2 Å². The highest BCUT2D eigenvalue weighted by atomic mass is 15.2. The number of benzene rings is 1. The van der Waals surface area contributed by atoms with Crippen LogP contribution in [0, 0.1) is 18.3 Å². The largest absolute Gasteiger partial charge is 0.366 e. The van der Waals surface area contributed by atoms with E-state index >= 15 is 0 Å². The Morgan fingerprint density at radius 2 is 2.11 bits per heavy atom. The van der Waals surface area contributed by atoms with Crippen molar-refractivity contribution in [2.45, 2.75) is 32.9 Å². The molecule has 0 saturated carbocycles. The van der Waals surface area contributed by atoms with Gasteiger partial charge in [-0.25, -0.2) is 9.97 Å². The van der Waals surface area contributed by atoms with Crippen LogP contribution in [0.4, 0.5) is 11.5 Å². The molecule has 28 heavy (non-hydrogen) atoms. The molecule has 7 heteroatoms. The summed E-state index contributed by atoms with van der Waals surface area (Å²) in [6.07, 6.45) is 7.52. The summed E-state index contributed by atoms with van der Waals surface area (Å²) in [5.74, 6) is 0.804. The van der Waals surface area contributed by atoms with Gasteiger partial charge in [-0.3, -0.25) is 9.97 Å². The van der Waals surface area contributed by atoms with E-state index in [-0.39, 0.29) is 6.04 Å². The molecule has 3 aromatic rings. The molecule has 140 valence electrons. The van der Waals surface area contributed by atoms with E-state index < -0.39 is 0 Å². The van der Waals surface area contributed by atoms with E-state index in [1.54, 1.807) is 24.9 Å². The third-order valence-electron chi connectivity index (χ3n) is 5.00. The molecule has 0 fully saturated rings.